The predicted octanol–water partition coefficient (Wildman–Crippen LogP) is 2.21. The van der Waals surface area contributed by atoms with Crippen molar-refractivity contribution < 1.29 is 14.4 Å². The summed E-state index contributed by atoms with van der Waals surface area (Å²) in [4.78, 5) is 28.8. The van der Waals surface area contributed by atoms with Crippen molar-refractivity contribution in [3.8, 4) is 0 Å². The number of hydrogen-bond donors (Lipinski definition) is 1. The number of carbonyl (C=O) groups is 2. The van der Waals surface area contributed by atoms with Gasteiger partial charge in [-0.05, 0) is 6.07 Å². The van der Waals surface area contributed by atoms with Crippen LogP contribution in [-0.4, -0.2) is 18.8 Å². The van der Waals surface area contributed by atoms with E-state index in [1.807, 2.05) is 6.07 Å². The fourth-order valence-electron chi connectivity index (χ4n) is 1.77. The number of amides is 1. The monoisotopic (exact) mass is 255 g/mol. The van der Waals surface area contributed by atoms with Crippen molar-refractivity contribution in [2.45, 2.75) is 0 Å². The van der Waals surface area contributed by atoms with E-state index >= 15 is 0 Å². The van der Waals surface area contributed by atoms with E-state index in [1.54, 1.807) is 48.5 Å². The third-order valence-electron chi connectivity index (χ3n) is 2.65. The number of hydrogen-bond acceptors (Lipinski definition) is 3. The van der Waals surface area contributed by atoms with E-state index in [0.717, 1.165) is 0 Å². The Kier molecular flexibility index (Phi) is 4.05. The number of ketones is 1. The zero-order valence-corrected chi connectivity index (χ0v) is 10.4. The molecule has 4 heteroatoms. The first-order chi connectivity index (χ1) is 9.24. The molecular formula is C15H13NO3. The van der Waals surface area contributed by atoms with Gasteiger partial charge in [0.05, 0.1) is 12.7 Å². The van der Waals surface area contributed by atoms with E-state index in [-0.39, 0.29) is 5.78 Å². The molecule has 0 unspecified atom stereocenters. The van der Waals surface area contributed by atoms with E-state index < -0.39 is 5.91 Å². The second-order valence-electron chi connectivity index (χ2n) is 3.88. The van der Waals surface area contributed by atoms with E-state index in [9.17, 15) is 9.59 Å². The Labute approximate surface area is 111 Å². The van der Waals surface area contributed by atoms with Crippen LogP contribution < -0.4 is 5.48 Å². The van der Waals surface area contributed by atoms with Gasteiger partial charge in [0.2, 0.25) is 0 Å². The predicted molar refractivity (Wildman–Crippen MR) is 70.8 cm³/mol. The molecule has 0 fully saturated rings. The van der Waals surface area contributed by atoms with Gasteiger partial charge in [-0.25, -0.2) is 5.48 Å². The first-order valence-corrected chi connectivity index (χ1v) is 5.76. The Hall–Kier alpha value is -2.46. The standard InChI is InChI=1S/C15H13NO3/c1-19-16-15(18)13-10-6-5-9-12(13)14(17)11-7-3-2-4-8-11/h2-10H,1H3,(H,16,18). The highest BCUT2D eigenvalue weighted by Crippen LogP contribution is 2.14. The second-order valence-corrected chi connectivity index (χ2v) is 3.88. The molecule has 0 bridgehead atoms. The Balaban J connectivity index is 2.40. The summed E-state index contributed by atoms with van der Waals surface area (Å²) in [5, 5.41) is 0. The molecule has 0 aliphatic carbocycles. The summed E-state index contributed by atoms with van der Waals surface area (Å²) in [5.41, 5.74) is 3.40. The average molecular weight is 255 g/mol. The van der Waals surface area contributed by atoms with Crippen LogP contribution in [0.25, 0.3) is 0 Å². The van der Waals surface area contributed by atoms with Crippen molar-refractivity contribution >= 4 is 11.7 Å². The van der Waals surface area contributed by atoms with Crippen LogP contribution in [0.3, 0.4) is 0 Å². The maximum atomic E-state index is 12.4. The SMILES string of the molecule is CONC(=O)c1ccccc1C(=O)c1ccccc1. The van der Waals surface area contributed by atoms with Gasteiger partial charge in [-0.15, -0.1) is 0 Å². The van der Waals surface area contributed by atoms with Gasteiger partial charge in [0.15, 0.2) is 5.78 Å². The fraction of sp³-hybridized carbons (Fsp3) is 0.0667. The van der Waals surface area contributed by atoms with Gasteiger partial charge in [-0.2, -0.15) is 0 Å². The Morgan fingerprint density at radius 3 is 2.11 bits per heavy atom. The van der Waals surface area contributed by atoms with Gasteiger partial charge in [-0.3, -0.25) is 14.4 Å². The zero-order valence-electron chi connectivity index (χ0n) is 10.4. The van der Waals surface area contributed by atoms with Crippen LogP contribution in [0.4, 0.5) is 0 Å². The summed E-state index contributed by atoms with van der Waals surface area (Å²) in [6, 6.07) is 15.5. The topological polar surface area (TPSA) is 55.4 Å². The molecule has 0 saturated heterocycles. The summed E-state index contributed by atoms with van der Waals surface area (Å²) in [5.74, 6) is -0.634. The molecule has 0 aliphatic rings. The number of hydroxylamine groups is 1. The van der Waals surface area contributed by atoms with Crippen molar-refractivity contribution in [2.75, 3.05) is 7.11 Å². The van der Waals surface area contributed by atoms with Gasteiger partial charge in [-0.1, -0.05) is 48.5 Å². The van der Waals surface area contributed by atoms with E-state index in [4.69, 9.17) is 0 Å². The quantitative estimate of drug-likeness (QED) is 0.673. The number of nitrogens with one attached hydrogen (secondary N) is 1. The molecule has 0 atom stereocenters. The summed E-state index contributed by atoms with van der Waals surface area (Å²) in [6.45, 7) is 0. The normalized spacial score (nSPS) is 9.95. The van der Waals surface area contributed by atoms with Gasteiger partial charge < -0.3 is 0 Å². The molecule has 4 nitrogen and oxygen atoms in total. The molecule has 0 saturated carbocycles. The first-order valence-electron chi connectivity index (χ1n) is 5.76. The maximum Gasteiger partial charge on any atom is 0.275 e. The van der Waals surface area contributed by atoms with Crippen LogP contribution in [0.2, 0.25) is 0 Å². The highest BCUT2D eigenvalue weighted by atomic mass is 16.6. The minimum Gasteiger partial charge on any atom is -0.289 e. The van der Waals surface area contributed by atoms with Crippen LogP contribution in [0.1, 0.15) is 26.3 Å². The molecule has 0 aliphatic heterocycles. The second kappa shape index (κ2) is 5.93. The molecular weight excluding hydrogens is 242 g/mol. The lowest BCUT2D eigenvalue weighted by Gasteiger charge is -2.08. The molecule has 2 aromatic rings. The molecule has 2 rings (SSSR count). The molecule has 1 amide bonds. The molecule has 0 heterocycles. The van der Waals surface area contributed by atoms with Crippen molar-refractivity contribution in [1.82, 2.24) is 5.48 Å². The summed E-state index contributed by atoms with van der Waals surface area (Å²) in [6.07, 6.45) is 0. The first kappa shape index (κ1) is 13.0. The molecule has 19 heavy (non-hydrogen) atoms. The van der Waals surface area contributed by atoms with Crippen LogP contribution >= 0.6 is 0 Å². The Morgan fingerprint density at radius 1 is 0.895 bits per heavy atom. The van der Waals surface area contributed by atoms with E-state index in [0.29, 0.717) is 16.7 Å². The lowest BCUT2D eigenvalue weighted by atomic mass is 9.98. The summed E-state index contributed by atoms with van der Waals surface area (Å²) < 4.78 is 0. The number of carbonyl (C=O) groups excluding carboxylic acids is 2. The van der Waals surface area contributed by atoms with Gasteiger partial charge in [0, 0.05) is 11.1 Å². The third-order valence-corrected chi connectivity index (χ3v) is 2.65. The van der Waals surface area contributed by atoms with Crippen LogP contribution in [-0.2, 0) is 4.84 Å². The minimum atomic E-state index is -0.442. The van der Waals surface area contributed by atoms with Crippen molar-refractivity contribution in [2.24, 2.45) is 0 Å². The van der Waals surface area contributed by atoms with E-state index in [2.05, 4.69) is 10.3 Å². The van der Waals surface area contributed by atoms with Crippen molar-refractivity contribution in [3.05, 3.63) is 71.3 Å². The van der Waals surface area contributed by atoms with Crippen molar-refractivity contribution in [1.29, 1.82) is 0 Å². The Bertz CT molecular complexity index is 593. The van der Waals surface area contributed by atoms with Crippen LogP contribution in [0.15, 0.2) is 54.6 Å². The van der Waals surface area contributed by atoms with Crippen molar-refractivity contribution in [3.63, 3.8) is 0 Å². The van der Waals surface area contributed by atoms with Crippen LogP contribution in [0.5, 0.6) is 0 Å². The van der Waals surface area contributed by atoms with Gasteiger partial charge >= 0.3 is 0 Å². The highest BCUT2D eigenvalue weighted by Gasteiger charge is 2.17. The molecule has 1 N–H and O–H groups in total. The van der Waals surface area contributed by atoms with Gasteiger partial charge in [0.25, 0.3) is 5.91 Å². The lowest BCUT2D eigenvalue weighted by molar-refractivity contribution is 0.0535. The Morgan fingerprint density at radius 2 is 1.47 bits per heavy atom. The minimum absolute atomic E-state index is 0.192. The maximum absolute atomic E-state index is 12.4. The third kappa shape index (κ3) is 2.86. The molecule has 2 aromatic carbocycles. The summed E-state index contributed by atoms with van der Waals surface area (Å²) >= 11 is 0. The number of benzene rings is 2. The zero-order chi connectivity index (χ0) is 13.7. The fourth-order valence-corrected chi connectivity index (χ4v) is 1.77. The molecule has 96 valence electrons. The average Bonchev–Trinajstić information content (AvgIpc) is 2.47. The van der Waals surface area contributed by atoms with E-state index in [1.165, 1.54) is 7.11 Å². The lowest BCUT2D eigenvalue weighted by Crippen LogP contribution is -2.24. The smallest absolute Gasteiger partial charge is 0.275 e. The molecule has 0 radical (unpaired) electrons. The molecule has 0 spiro atoms. The number of rotatable bonds is 4. The molecule has 0 aromatic heterocycles. The van der Waals surface area contributed by atoms with Gasteiger partial charge in [0.1, 0.15) is 0 Å². The van der Waals surface area contributed by atoms with Crippen LogP contribution in [0, 0.1) is 0 Å². The highest BCUT2D eigenvalue weighted by molar-refractivity contribution is 6.15. The summed E-state index contributed by atoms with van der Waals surface area (Å²) in [7, 11) is 1.35. The largest absolute Gasteiger partial charge is 0.289 e.